The van der Waals surface area contributed by atoms with E-state index in [1.807, 2.05) is 38.1 Å². The molecule has 0 amide bonds. The summed E-state index contributed by atoms with van der Waals surface area (Å²) in [5, 5.41) is 31.1. The molecule has 0 fully saturated rings. The third-order valence-corrected chi connectivity index (χ3v) is 5.31. The highest BCUT2D eigenvalue weighted by molar-refractivity contribution is 5.97. The van der Waals surface area contributed by atoms with Crippen LogP contribution in [0.25, 0.3) is 10.8 Å². The van der Waals surface area contributed by atoms with Crippen LogP contribution >= 0.6 is 0 Å². The Morgan fingerprint density at radius 2 is 1.48 bits per heavy atom. The molecule has 0 spiro atoms. The van der Waals surface area contributed by atoms with E-state index in [9.17, 15) is 20.1 Å². The zero-order chi connectivity index (χ0) is 21.0. The third-order valence-electron chi connectivity index (χ3n) is 5.31. The number of hydrogen-bond donors (Lipinski definition) is 3. The van der Waals surface area contributed by atoms with Crippen molar-refractivity contribution in [3.05, 3.63) is 47.0 Å². The van der Waals surface area contributed by atoms with E-state index in [-0.39, 0.29) is 19.6 Å². The minimum Gasteiger partial charge on any atom is -0.490 e. The highest BCUT2D eigenvalue weighted by Crippen LogP contribution is 2.44. The van der Waals surface area contributed by atoms with Crippen LogP contribution < -0.4 is 9.47 Å². The van der Waals surface area contributed by atoms with Gasteiger partial charge in [0.05, 0.1) is 12.2 Å². The van der Waals surface area contributed by atoms with Gasteiger partial charge in [0.2, 0.25) is 0 Å². The number of hydrogen-bond acceptors (Lipinski definition) is 5. The summed E-state index contributed by atoms with van der Waals surface area (Å²) in [7, 11) is 0. The maximum absolute atomic E-state index is 11.6. The van der Waals surface area contributed by atoms with Crippen LogP contribution in [0.4, 0.5) is 0 Å². The summed E-state index contributed by atoms with van der Waals surface area (Å²) >= 11 is 0. The Labute approximate surface area is 170 Å². The summed E-state index contributed by atoms with van der Waals surface area (Å²) < 4.78 is 12.1. The molecule has 0 aliphatic heterocycles. The Bertz CT molecular complexity index is 917. The molecule has 0 saturated heterocycles. The molecule has 2 aromatic rings. The van der Waals surface area contributed by atoms with Crippen LogP contribution in [0.15, 0.2) is 35.9 Å². The maximum Gasteiger partial charge on any atom is 0.331 e. The molecule has 2 unspecified atom stereocenters. The van der Waals surface area contributed by atoms with Crippen molar-refractivity contribution >= 4 is 16.7 Å². The molecule has 2 atom stereocenters. The number of aliphatic hydroxyl groups is 2. The first-order valence-corrected chi connectivity index (χ1v) is 10.1. The average Bonchev–Trinajstić information content (AvgIpc) is 2.74. The molecule has 1 aliphatic carbocycles. The van der Waals surface area contributed by atoms with Gasteiger partial charge in [-0.15, -0.1) is 0 Å². The molecule has 0 bridgehead atoms. The van der Waals surface area contributed by atoms with E-state index in [1.165, 1.54) is 0 Å². The van der Waals surface area contributed by atoms with Gasteiger partial charge in [-0.1, -0.05) is 44.2 Å². The molecule has 3 N–H and O–H groups in total. The number of allylic oxidation sites excluding steroid dienone is 1. The first kappa shape index (κ1) is 21.1. The van der Waals surface area contributed by atoms with E-state index >= 15 is 0 Å². The van der Waals surface area contributed by atoms with Gasteiger partial charge in [0.15, 0.2) is 0 Å². The molecule has 6 heteroatoms. The van der Waals surface area contributed by atoms with Gasteiger partial charge in [0.25, 0.3) is 0 Å². The normalized spacial score (nSPS) is 15.4. The topological polar surface area (TPSA) is 96.2 Å². The van der Waals surface area contributed by atoms with E-state index < -0.39 is 18.2 Å². The van der Waals surface area contributed by atoms with E-state index in [4.69, 9.17) is 9.47 Å². The molecule has 29 heavy (non-hydrogen) atoms. The second-order valence-electron chi connectivity index (χ2n) is 7.32. The molecule has 0 aromatic heterocycles. The fourth-order valence-corrected chi connectivity index (χ4v) is 3.46. The molecule has 0 saturated carbocycles. The lowest BCUT2D eigenvalue weighted by atomic mass is 9.87. The minimum atomic E-state index is -0.952. The lowest BCUT2D eigenvalue weighted by molar-refractivity contribution is -0.132. The number of aliphatic hydroxyl groups excluding tert-OH is 2. The van der Waals surface area contributed by atoms with Crippen LogP contribution in [-0.4, -0.2) is 46.7 Å². The number of carbonyl (C=O) groups is 1. The molecular weight excluding hydrogens is 372 g/mol. The van der Waals surface area contributed by atoms with Gasteiger partial charge >= 0.3 is 5.97 Å². The fourth-order valence-electron chi connectivity index (χ4n) is 3.46. The Balaban J connectivity index is 2.14. The second-order valence-corrected chi connectivity index (χ2v) is 7.32. The van der Waals surface area contributed by atoms with Crippen LogP contribution in [0.1, 0.15) is 37.8 Å². The Morgan fingerprint density at radius 3 is 1.97 bits per heavy atom. The molecule has 3 rings (SSSR count). The average molecular weight is 400 g/mol. The number of carboxylic acid groups (broad SMARTS) is 1. The summed E-state index contributed by atoms with van der Waals surface area (Å²) in [6.45, 7) is 4.06. The van der Waals surface area contributed by atoms with Gasteiger partial charge in [0, 0.05) is 33.9 Å². The summed E-state index contributed by atoms with van der Waals surface area (Å²) in [6, 6.07) is 7.64. The quantitative estimate of drug-likeness (QED) is 0.598. The van der Waals surface area contributed by atoms with Gasteiger partial charge in [0.1, 0.15) is 24.7 Å². The number of aliphatic carboxylic acids is 1. The zero-order valence-corrected chi connectivity index (χ0v) is 16.9. The van der Waals surface area contributed by atoms with Crippen molar-refractivity contribution in [3.8, 4) is 11.5 Å². The molecule has 6 nitrogen and oxygen atoms in total. The van der Waals surface area contributed by atoms with E-state index in [2.05, 4.69) is 0 Å². The van der Waals surface area contributed by atoms with E-state index in [1.54, 1.807) is 6.08 Å². The van der Waals surface area contributed by atoms with Crippen LogP contribution in [0, 0.1) is 0 Å². The number of carboxylic acids is 1. The Kier molecular flexibility index (Phi) is 6.77. The molecule has 1 aliphatic rings. The lowest BCUT2D eigenvalue weighted by Gasteiger charge is -2.26. The Hall–Kier alpha value is -2.57. The molecule has 0 radical (unpaired) electrons. The van der Waals surface area contributed by atoms with Crippen LogP contribution in [0.5, 0.6) is 11.5 Å². The molecule has 2 aromatic carbocycles. The highest BCUT2D eigenvalue weighted by atomic mass is 16.5. The molecule has 0 heterocycles. The number of fused-ring (bicyclic) bond motifs is 2. The first-order chi connectivity index (χ1) is 14.0. The van der Waals surface area contributed by atoms with Gasteiger partial charge in [-0.2, -0.15) is 0 Å². The van der Waals surface area contributed by atoms with Gasteiger partial charge in [-0.25, -0.2) is 4.79 Å². The number of benzene rings is 2. The van der Waals surface area contributed by atoms with Crippen molar-refractivity contribution in [2.45, 2.75) is 51.7 Å². The summed E-state index contributed by atoms with van der Waals surface area (Å²) in [4.78, 5) is 11.6. The van der Waals surface area contributed by atoms with Crippen LogP contribution in [-0.2, 0) is 17.6 Å². The van der Waals surface area contributed by atoms with Gasteiger partial charge < -0.3 is 24.8 Å². The van der Waals surface area contributed by atoms with Gasteiger partial charge in [-0.3, -0.25) is 0 Å². The zero-order valence-electron chi connectivity index (χ0n) is 16.9. The second kappa shape index (κ2) is 9.29. The molecular formula is C23H28O6. The van der Waals surface area contributed by atoms with Crippen molar-refractivity contribution < 1.29 is 29.6 Å². The predicted molar refractivity (Wildman–Crippen MR) is 111 cm³/mol. The smallest absolute Gasteiger partial charge is 0.331 e. The van der Waals surface area contributed by atoms with Crippen molar-refractivity contribution in [2.24, 2.45) is 0 Å². The Morgan fingerprint density at radius 1 is 0.966 bits per heavy atom. The monoisotopic (exact) mass is 400 g/mol. The fraction of sp³-hybridized carbons (Fsp3) is 0.435. The van der Waals surface area contributed by atoms with E-state index in [0.717, 1.165) is 21.9 Å². The van der Waals surface area contributed by atoms with Crippen molar-refractivity contribution in [1.82, 2.24) is 0 Å². The summed E-state index contributed by atoms with van der Waals surface area (Å²) in [5.41, 5.74) is 1.96. The largest absolute Gasteiger partial charge is 0.490 e. The van der Waals surface area contributed by atoms with Crippen LogP contribution in [0.2, 0.25) is 0 Å². The maximum atomic E-state index is 11.6. The number of rotatable bonds is 9. The van der Waals surface area contributed by atoms with Crippen molar-refractivity contribution in [2.75, 3.05) is 13.2 Å². The van der Waals surface area contributed by atoms with E-state index in [0.29, 0.717) is 36.3 Å². The van der Waals surface area contributed by atoms with Gasteiger partial charge in [-0.05, 0) is 19.3 Å². The van der Waals surface area contributed by atoms with Crippen LogP contribution in [0.3, 0.4) is 0 Å². The first-order valence-electron chi connectivity index (χ1n) is 10.1. The van der Waals surface area contributed by atoms with Crippen molar-refractivity contribution in [1.29, 1.82) is 0 Å². The lowest BCUT2D eigenvalue weighted by Crippen LogP contribution is -2.20. The SMILES string of the molecule is CCC(O)COc1c2c(c(OCC(O)CC)c3ccccc13)CC(C(=O)O)=CC2. The minimum absolute atomic E-state index is 0.133. The molecule has 156 valence electrons. The number of ether oxygens (including phenoxy) is 2. The summed E-state index contributed by atoms with van der Waals surface area (Å²) in [6.07, 6.45) is 2.31. The highest BCUT2D eigenvalue weighted by Gasteiger charge is 2.27. The summed E-state index contributed by atoms with van der Waals surface area (Å²) in [5.74, 6) is 0.303. The predicted octanol–water partition coefficient (Wildman–Crippen LogP) is 3.25. The standard InChI is InChI=1S/C23H28O6/c1-3-15(24)12-28-21-17-7-5-6-8-18(17)22(29-13-16(25)4-2)20-11-14(23(26)27)9-10-19(20)21/h5-9,15-16,24-25H,3-4,10-13H2,1-2H3,(H,26,27). The third kappa shape index (κ3) is 4.54. The van der Waals surface area contributed by atoms with Crippen molar-refractivity contribution in [3.63, 3.8) is 0 Å².